The minimum atomic E-state index is -0.312. The highest BCUT2D eigenvalue weighted by molar-refractivity contribution is 6.31. The molecule has 0 aliphatic carbocycles. The Morgan fingerprint density at radius 3 is 2.78 bits per heavy atom. The quantitative estimate of drug-likeness (QED) is 0.527. The molecule has 4 rings (SSSR count). The highest BCUT2D eigenvalue weighted by Crippen LogP contribution is 2.23. The van der Waals surface area contributed by atoms with Crippen LogP contribution in [0.3, 0.4) is 0 Å². The van der Waals surface area contributed by atoms with Crippen molar-refractivity contribution < 1.29 is 13.6 Å². The maximum absolute atomic E-state index is 13.5. The number of nitrogens with zero attached hydrogens (tertiary/aromatic N) is 1. The summed E-state index contributed by atoms with van der Waals surface area (Å²) in [5.41, 5.74) is 3.42. The highest BCUT2D eigenvalue weighted by atomic mass is 35.5. The maximum Gasteiger partial charge on any atom is 0.268 e. The van der Waals surface area contributed by atoms with Crippen LogP contribution in [0.4, 0.5) is 4.39 Å². The van der Waals surface area contributed by atoms with Gasteiger partial charge >= 0.3 is 0 Å². The second-order valence-electron chi connectivity index (χ2n) is 6.19. The van der Waals surface area contributed by atoms with Gasteiger partial charge < -0.3 is 14.3 Å². The zero-order valence-electron chi connectivity index (χ0n) is 14.3. The van der Waals surface area contributed by atoms with Gasteiger partial charge in [0.25, 0.3) is 5.91 Å². The van der Waals surface area contributed by atoms with Crippen molar-refractivity contribution in [1.82, 2.24) is 9.88 Å². The summed E-state index contributed by atoms with van der Waals surface area (Å²) in [4.78, 5) is 12.8. The van der Waals surface area contributed by atoms with Crippen LogP contribution in [0.5, 0.6) is 0 Å². The minimum absolute atomic E-state index is 0.252. The molecule has 6 heteroatoms. The van der Waals surface area contributed by atoms with Crippen molar-refractivity contribution in [3.63, 3.8) is 0 Å². The summed E-state index contributed by atoms with van der Waals surface area (Å²) in [5, 5.41) is 3.48. The number of rotatable bonds is 5. The Kier molecular flexibility index (Phi) is 4.69. The first-order valence-corrected chi connectivity index (χ1v) is 8.82. The number of nitrogens with one attached hydrogen (secondary N) is 1. The lowest BCUT2D eigenvalue weighted by Crippen LogP contribution is -2.25. The number of benzene rings is 2. The number of halogens is 2. The molecule has 0 aliphatic rings. The number of amides is 1. The van der Waals surface area contributed by atoms with Crippen LogP contribution in [0.2, 0.25) is 5.02 Å². The molecule has 0 spiro atoms. The molecule has 4 nitrogen and oxygen atoms in total. The van der Waals surface area contributed by atoms with Crippen LogP contribution < -0.4 is 5.32 Å². The van der Waals surface area contributed by atoms with Crippen molar-refractivity contribution in [2.45, 2.75) is 13.1 Å². The summed E-state index contributed by atoms with van der Waals surface area (Å²) in [5.74, 6) is -0.564. The molecule has 27 heavy (non-hydrogen) atoms. The van der Waals surface area contributed by atoms with E-state index in [-0.39, 0.29) is 11.7 Å². The van der Waals surface area contributed by atoms with Gasteiger partial charge in [0.2, 0.25) is 0 Å². The zero-order valence-corrected chi connectivity index (χ0v) is 15.0. The standard InChI is InChI=1S/C21H16ClFN2O2/c22-17-7-2-1-5-15(17)12-24-21(26)19-11-20-18(8-9-27-20)25(19)13-14-4-3-6-16(23)10-14/h1-11H,12-13H2,(H,24,26). The molecule has 0 atom stereocenters. The molecule has 0 unspecified atom stereocenters. The van der Waals surface area contributed by atoms with E-state index in [0.29, 0.717) is 29.4 Å². The third-order valence-corrected chi connectivity index (χ3v) is 4.75. The first kappa shape index (κ1) is 17.4. The Morgan fingerprint density at radius 2 is 1.96 bits per heavy atom. The fourth-order valence-electron chi connectivity index (χ4n) is 3.06. The van der Waals surface area contributed by atoms with Gasteiger partial charge in [-0.05, 0) is 29.3 Å². The number of carbonyl (C=O) groups excluding carboxylic acids is 1. The summed E-state index contributed by atoms with van der Waals surface area (Å²) >= 11 is 6.15. The Hall–Kier alpha value is -3.05. The molecule has 2 aromatic carbocycles. The van der Waals surface area contributed by atoms with E-state index in [1.807, 2.05) is 28.8 Å². The van der Waals surface area contributed by atoms with Gasteiger partial charge in [0.15, 0.2) is 5.58 Å². The smallest absolute Gasteiger partial charge is 0.268 e. The van der Waals surface area contributed by atoms with E-state index in [1.54, 1.807) is 30.5 Å². The first-order valence-electron chi connectivity index (χ1n) is 8.44. The molecule has 0 radical (unpaired) electrons. The van der Waals surface area contributed by atoms with E-state index in [1.165, 1.54) is 12.1 Å². The largest absolute Gasteiger partial charge is 0.463 e. The highest BCUT2D eigenvalue weighted by Gasteiger charge is 2.18. The monoisotopic (exact) mass is 382 g/mol. The Balaban J connectivity index is 1.62. The molecule has 1 N–H and O–H groups in total. The van der Waals surface area contributed by atoms with Crippen molar-refractivity contribution in [2.24, 2.45) is 0 Å². The molecule has 0 saturated heterocycles. The van der Waals surface area contributed by atoms with Gasteiger partial charge in [-0.2, -0.15) is 0 Å². The van der Waals surface area contributed by atoms with Gasteiger partial charge in [0.05, 0.1) is 11.8 Å². The van der Waals surface area contributed by atoms with Gasteiger partial charge in [0.1, 0.15) is 11.5 Å². The van der Waals surface area contributed by atoms with Gasteiger partial charge in [-0.25, -0.2) is 4.39 Å². The number of hydrogen-bond donors (Lipinski definition) is 1. The van der Waals surface area contributed by atoms with E-state index >= 15 is 0 Å². The molecule has 2 heterocycles. The summed E-state index contributed by atoms with van der Waals surface area (Å²) in [6, 6.07) is 17.2. The predicted octanol–water partition coefficient (Wildman–Crippen LogP) is 5.01. The van der Waals surface area contributed by atoms with Crippen LogP contribution in [0, 0.1) is 5.82 Å². The molecule has 0 bridgehead atoms. The average molecular weight is 383 g/mol. The SMILES string of the molecule is O=C(NCc1ccccc1Cl)c1cc2occc2n1Cc1cccc(F)c1. The number of furan rings is 1. The lowest BCUT2D eigenvalue weighted by molar-refractivity contribution is 0.0942. The van der Waals surface area contributed by atoms with E-state index < -0.39 is 0 Å². The Bertz CT molecular complexity index is 1120. The minimum Gasteiger partial charge on any atom is -0.463 e. The number of carbonyl (C=O) groups is 1. The van der Waals surface area contributed by atoms with Gasteiger partial charge in [-0.1, -0.05) is 41.9 Å². The third kappa shape index (κ3) is 3.59. The van der Waals surface area contributed by atoms with E-state index in [2.05, 4.69) is 5.32 Å². The van der Waals surface area contributed by atoms with Crippen molar-refractivity contribution in [1.29, 1.82) is 0 Å². The summed E-state index contributed by atoms with van der Waals surface area (Å²) in [6.45, 7) is 0.667. The normalized spacial score (nSPS) is 11.0. The summed E-state index contributed by atoms with van der Waals surface area (Å²) < 4.78 is 20.8. The predicted molar refractivity (Wildman–Crippen MR) is 102 cm³/mol. The van der Waals surface area contributed by atoms with Gasteiger partial charge in [-0.3, -0.25) is 4.79 Å². The second-order valence-corrected chi connectivity index (χ2v) is 6.60. The molecular formula is C21H16ClFN2O2. The third-order valence-electron chi connectivity index (χ3n) is 4.38. The zero-order chi connectivity index (χ0) is 18.8. The fourth-order valence-corrected chi connectivity index (χ4v) is 3.26. The molecule has 2 aromatic heterocycles. The van der Waals surface area contributed by atoms with Crippen LogP contribution in [0.1, 0.15) is 21.6 Å². The number of hydrogen-bond acceptors (Lipinski definition) is 2. The molecule has 136 valence electrons. The Morgan fingerprint density at radius 1 is 1.11 bits per heavy atom. The van der Waals surface area contributed by atoms with Crippen LogP contribution in [-0.4, -0.2) is 10.5 Å². The van der Waals surface area contributed by atoms with Gasteiger partial charge in [0, 0.05) is 30.2 Å². The van der Waals surface area contributed by atoms with Crippen LogP contribution in [-0.2, 0) is 13.1 Å². The van der Waals surface area contributed by atoms with E-state index in [9.17, 15) is 9.18 Å². The van der Waals surface area contributed by atoms with Crippen LogP contribution in [0.15, 0.2) is 71.3 Å². The number of fused-ring (bicyclic) bond motifs is 1. The second kappa shape index (κ2) is 7.29. The fraction of sp³-hybridized carbons (Fsp3) is 0.0952. The summed E-state index contributed by atoms with van der Waals surface area (Å²) in [7, 11) is 0. The van der Waals surface area contributed by atoms with E-state index in [0.717, 1.165) is 16.6 Å². The number of aromatic nitrogens is 1. The van der Waals surface area contributed by atoms with Crippen molar-refractivity contribution in [3.05, 3.63) is 94.6 Å². The lowest BCUT2D eigenvalue weighted by atomic mass is 10.2. The molecular weight excluding hydrogens is 367 g/mol. The van der Waals surface area contributed by atoms with Crippen molar-refractivity contribution in [3.8, 4) is 0 Å². The molecule has 4 aromatic rings. The van der Waals surface area contributed by atoms with Crippen molar-refractivity contribution >= 4 is 28.6 Å². The topological polar surface area (TPSA) is 47.2 Å². The Labute approximate surface area is 160 Å². The molecule has 0 saturated carbocycles. The average Bonchev–Trinajstić information content (AvgIpc) is 3.24. The lowest BCUT2D eigenvalue weighted by Gasteiger charge is -2.11. The summed E-state index contributed by atoms with van der Waals surface area (Å²) in [6.07, 6.45) is 1.57. The van der Waals surface area contributed by atoms with Crippen LogP contribution in [0.25, 0.3) is 11.1 Å². The van der Waals surface area contributed by atoms with Crippen molar-refractivity contribution in [2.75, 3.05) is 0 Å². The van der Waals surface area contributed by atoms with E-state index in [4.69, 9.17) is 16.0 Å². The van der Waals surface area contributed by atoms with Crippen LogP contribution >= 0.6 is 11.6 Å². The first-order chi connectivity index (χ1) is 13.1. The van der Waals surface area contributed by atoms with Gasteiger partial charge in [-0.15, -0.1) is 0 Å². The maximum atomic E-state index is 13.5. The molecule has 0 fully saturated rings. The molecule has 0 aliphatic heterocycles. The molecule has 1 amide bonds.